The van der Waals surface area contributed by atoms with Crippen LogP contribution < -0.4 is 0 Å². The topological polar surface area (TPSA) is 67.3 Å². The summed E-state index contributed by atoms with van der Waals surface area (Å²) in [6.45, 7) is 0.0921. The molecule has 0 fully saturated rings. The van der Waals surface area contributed by atoms with Crippen LogP contribution in [0.25, 0.3) is 10.9 Å². The van der Waals surface area contributed by atoms with Gasteiger partial charge in [-0.3, -0.25) is 19.3 Å². The molecule has 2 aromatic rings. The van der Waals surface area contributed by atoms with Crippen LogP contribution in [0, 0.1) is 0 Å². The number of benzene rings is 1. The van der Waals surface area contributed by atoms with Gasteiger partial charge in [0.1, 0.15) is 11.5 Å². The molecular formula is C15H12Br2N2O3. The Morgan fingerprint density at radius 3 is 2.64 bits per heavy atom. The van der Waals surface area contributed by atoms with Crippen molar-refractivity contribution >= 4 is 61.4 Å². The van der Waals surface area contributed by atoms with E-state index in [1.54, 1.807) is 12.1 Å². The predicted octanol–water partition coefficient (Wildman–Crippen LogP) is 2.76. The van der Waals surface area contributed by atoms with Crippen LogP contribution in [0.2, 0.25) is 0 Å². The summed E-state index contributed by atoms with van der Waals surface area (Å²) in [5, 5.41) is 1.04. The molecule has 0 radical (unpaired) electrons. The average Bonchev–Trinajstić information content (AvgIpc) is 2.74. The van der Waals surface area contributed by atoms with Crippen LogP contribution in [-0.4, -0.2) is 39.4 Å². The van der Waals surface area contributed by atoms with E-state index in [9.17, 15) is 14.4 Å². The SMILES string of the molecule is Br.O=C(CBr)CCN1C(=O)c2cc3ccccc3nc2C1=O. The number of hydrogen-bond donors (Lipinski definition) is 0. The molecular weight excluding hydrogens is 416 g/mol. The molecule has 0 spiro atoms. The Morgan fingerprint density at radius 2 is 1.91 bits per heavy atom. The Kier molecular flexibility index (Phi) is 5.08. The van der Waals surface area contributed by atoms with Gasteiger partial charge in [0.15, 0.2) is 0 Å². The summed E-state index contributed by atoms with van der Waals surface area (Å²) < 4.78 is 0. The molecule has 3 rings (SSSR count). The molecule has 1 aliphatic rings. The number of pyridine rings is 1. The van der Waals surface area contributed by atoms with E-state index in [1.807, 2.05) is 18.2 Å². The third kappa shape index (κ3) is 2.83. The van der Waals surface area contributed by atoms with E-state index in [1.165, 1.54) is 0 Å². The molecule has 0 N–H and O–H groups in total. The predicted molar refractivity (Wildman–Crippen MR) is 90.9 cm³/mol. The fraction of sp³-hybridized carbons (Fsp3) is 0.200. The van der Waals surface area contributed by atoms with E-state index in [4.69, 9.17) is 0 Å². The minimum atomic E-state index is -0.428. The van der Waals surface area contributed by atoms with Gasteiger partial charge in [-0.25, -0.2) is 4.98 Å². The Hall–Kier alpha value is -1.60. The number of fused-ring (bicyclic) bond motifs is 2. The lowest BCUT2D eigenvalue weighted by molar-refractivity contribution is -0.116. The van der Waals surface area contributed by atoms with Crippen molar-refractivity contribution in [2.75, 3.05) is 11.9 Å². The van der Waals surface area contributed by atoms with Crippen molar-refractivity contribution in [3.8, 4) is 0 Å². The Labute approximate surface area is 145 Å². The van der Waals surface area contributed by atoms with Crippen LogP contribution in [0.15, 0.2) is 30.3 Å². The normalized spacial score (nSPS) is 13.2. The van der Waals surface area contributed by atoms with Gasteiger partial charge < -0.3 is 0 Å². The number of carbonyl (C=O) groups excluding carboxylic acids is 3. The van der Waals surface area contributed by atoms with E-state index < -0.39 is 5.91 Å². The van der Waals surface area contributed by atoms with E-state index in [0.29, 0.717) is 11.1 Å². The number of hydrogen-bond acceptors (Lipinski definition) is 4. The van der Waals surface area contributed by atoms with Crippen molar-refractivity contribution in [1.82, 2.24) is 9.88 Å². The van der Waals surface area contributed by atoms with Gasteiger partial charge in [-0.1, -0.05) is 34.1 Å². The van der Waals surface area contributed by atoms with Gasteiger partial charge in [-0.2, -0.15) is 0 Å². The quantitative estimate of drug-likeness (QED) is 0.555. The maximum absolute atomic E-state index is 12.3. The third-order valence-corrected chi connectivity index (χ3v) is 4.04. The molecule has 7 heteroatoms. The molecule has 1 aromatic carbocycles. The summed E-state index contributed by atoms with van der Waals surface area (Å²) in [7, 11) is 0. The van der Waals surface area contributed by atoms with Gasteiger partial charge in [-0.15, -0.1) is 17.0 Å². The monoisotopic (exact) mass is 426 g/mol. The lowest BCUT2D eigenvalue weighted by Crippen LogP contribution is -2.32. The summed E-state index contributed by atoms with van der Waals surface area (Å²) in [5.74, 6) is -0.858. The second-order valence-electron chi connectivity index (χ2n) is 4.76. The molecule has 0 saturated heterocycles. The summed E-state index contributed by atoms with van der Waals surface area (Å²) in [4.78, 5) is 41.3. The minimum Gasteiger partial charge on any atom is -0.299 e. The summed E-state index contributed by atoms with van der Waals surface area (Å²) in [6.07, 6.45) is 0.149. The van der Waals surface area contributed by atoms with Crippen molar-refractivity contribution < 1.29 is 14.4 Å². The van der Waals surface area contributed by atoms with E-state index in [-0.39, 0.29) is 52.7 Å². The fourth-order valence-electron chi connectivity index (χ4n) is 2.31. The van der Waals surface area contributed by atoms with Crippen molar-refractivity contribution in [2.45, 2.75) is 6.42 Å². The van der Waals surface area contributed by atoms with E-state index in [0.717, 1.165) is 10.3 Å². The number of aromatic nitrogens is 1. The maximum Gasteiger partial charge on any atom is 0.280 e. The molecule has 1 aromatic heterocycles. The fourth-order valence-corrected chi connectivity index (χ4v) is 2.59. The summed E-state index contributed by atoms with van der Waals surface area (Å²) >= 11 is 3.06. The van der Waals surface area contributed by atoms with E-state index >= 15 is 0 Å². The third-order valence-electron chi connectivity index (χ3n) is 3.41. The van der Waals surface area contributed by atoms with Crippen LogP contribution in [-0.2, 0) is 4.79 Å². The molecule has 0 bridgehead atoms. The van der Waals surface area contributed by atoms with Crippen LogP contribution in [0.4, 0.5) is 0 Å². The van der Waals surface area contributed by atoms with Crippen molar-refractivity contribution in [3.05, 3.63) is 41.6 Å². The second-order valence-corrected chi connectivity index (χ2v) is 5.32. The molecule has 2 heterocycles. The highest BCUT2D eigenvalue weighted by atomic mass is 79.9. The summed E-state index contributed by atoms with van der Waals surface area (Å²) in [6, 6.07) is 9.01. The molecule has 0 aliphatic carbocycles. The molecule has 1 aliphatic heterocycles. The lowest BCUT2D eigenvalue weighted by Gasteiger charge is -2.11. The highest BCUT2D eigenvalue weighted by molar-refractivity contribution is 9.09. The Morgan fingerprint density at radius 1 is 1.18 bits per heavy atom. The van der Waals surface area contributed by atoms with Gasteiger partial charge in [0, 0.05) is 18.4 Å². The number of alkyl halides is 1. The minimum absolute atomic E-state index is 0. The zero-order valence-corrected chi connectivity index (χ0v) is 14.7. The Bertz CT molecular complexity index is 722. The molecule has 2 amide bonds. The summed E-state index contributed by atoms with van der Waals surface area (Å²) in [5.41, 5.74) is 1.16. The molecule has 114 valence electrons. The number of rotatable bonds is 4. The first-order chi connectivity index (χ1) is 10.1. The van der Waals surface area contributed by atoms with Gasteiger partial charge in [0.25, 0.3) is 11.8 Å². The smallest absolute Gasteiger partial charge is 0.280 e. The molecule has 0 unspecified atom stereocenters. The number of Topliss-reactive ketones (excluding diaryl/α,β-unsaturated/α-hetero) is 1. The number of ketones is 1. The van der Waals surface area contributed by atoms with Crippen molar-refractivity contribution in [2.24, 2.45) is 0 Å². The largest absolute Gasteiger partial charge is 0.299 e. The molecule has 0 atom stereocenters. The van der Waals surface area contributed by atoms with Gasteiger partial charge in [0.2, 0.25) is 0 Å². The number of halogens is 2. The van der Waals surface area contributed by atoms with E-state index in [2.05, 4.69) is 20.9 Å². The van der Waals surface area contributed by atoms with Crippen molar-refractivity contribution in [1.29, 1.82) is 0 Å². The average molecular weight is 428 g/mol. The first kappa shape index (κ1) is 16.8. The number of imide groups is 1. The highest BCUT2D eigenvalue weighted by Gasteiger charge is 2.37. The zero-order valence-electron chi connectivity index (χ0n) is 11.4. The van der Waals surface area contributed by atoms with Crippen LogP contribution >= 0.6 is 32.9 Å². The number of carbonyl (C=O) groups is 3. The zero-order chi connectivity index (χ0) is 15.0. The lowest BCUT2D eigenvalue weighted by atomic mass is 10.1. The Balaban J connectivity index is 0.00000176. The molecule has 0 saturated carbocycles. The van der Waals surface area contributed by atoms with Crippen LogP contribution in [0.3, 0.4) is 0 Å². The standard InChI is InChI=1S/C15H11BrN2O3.BrH/c16-8-10(19)5-6-18-14(20)11-7-9-3-1-2-4-12(9)17-13(11)15(18)21;/h1-4,7H,5-6,8H2;1H. The highest BCUT2D eigenvalue weighted by Crippen LogP contribution is 2.25. The molecule has 22 heavy (non-hydrogen) atoms. The van der Waals surface area contributed by atoms with Crippen molar-refractivity contribution in [3.63, 3.8) is 0 Å². The number of amides is 2. The maximum atomic E-state index is 12.3. The number of nitrogens with zero attached hydrogens (tertiary/aromatic N) is 2. The first-order valence-corrected chi connectivity index (χ1v) is 7.57. The van der Waals surface area contributed by atoms with Crippen LogP contribution in [0.1, 0.15) is 27.3 Å². The van der Waals surface area contributed by atoms with Crippen LogP contribution in [0.5, 0.6) is 0 Å². The second kappa shape index (κ2) is 6.66. The first-order valence-electron chi connectivity index (χ1n) is 6.45. The van der Waals surface area contributed by atoms with Gasteiger partial charge in [-0.05, 0) is 12.1 Å². The number of para-hydroxylation sites is 1. The van der Waals surface area contributed by atoms with Gasteiger partial charge in [0.05, 0.1) is 16.4 Å². The molecule has 5 nitrogen and oxygen atoms in total. The van der Waals surface area contributed by atoms with Gasteiger partial charge >= 0.3 is 0 Å².